The van der Waals surface area contributed by atoms with Gasteiger partial charge in [0.25, 0.3) is 5.56 Å². The predicted molar refractivity (Wildman–Crippen MR) is 139 cm³/mol. The van der Waals surface area contributed by atoms with E-state index in [-0.39, 0.29) is 23.7 Å². The second-order valence-corrected chi connectivity index (χ2v) is 9.44. The van der Waals surface area contributed by atoms with Gasteiger partial charge in [0, 0.05) is 25.8 Å². The van der Waals surface area contributed by atoms with Crippen LogP contribution in [0, 0.1) is 5.92 Å². The number of carbonyl (C=O) groups is 1. The van der Waals surface area contributed by atoms with Crippen LogP contribution in [0.25, 0.3) is 11.0 Å². The van der Waals surface area contributed by atoms with Gasteiger partial charge < -0.3 is 14.8 Å². The number of fused-ring (bicyclic) bond motifs is 1. The SMILES string of the molecule is CCn1c(=O)c2ccn(CC(=O)NCCCN3CCC(Cc4ccccc4)CC3)c2n(CC)c1=O. The number of benzene rings is 1. The van der Waals surface area contributed by atoms with Crippen molar-refractivity contribution in [2.75, 3.05) is 26.2 Å². The summed E-state index contributed by atoms with van der Waals surface area (Å²) in [5.74, 6) is 0.644. The molecule has 35 heavy (non-hydrogen) atoms. The van der Waals surface area contributed by atoms with Crippen LogP contribution in [-0.2, 0) is 30.8 Å². The topological polar surface area (TPSA) is 81.3 Å². The Balaban J connectivity index is 1.24. The number of aromatic nitrogens is 3. The van der Waals surface area contributed by atoms with Gasteiger partial charge in [-0.15, -0.1) is 0 Å². The number of aryl methyl sites for hydroxylation is 1. The van der Waals surface area contributed by atoms with Gasteiger partial charge in [0.15, 0.2) is 0 Å². The number of nitrogens with one attached hydrogen (secondary N) is 1. The lowest BCUT2D eigenvalue weighted by molar-refractivity contribution is -0.121. The summed E-state index contributed by atoms with van der Waals surface area (Å²) in [6.45, 7) is 8.33. The number of rotatable bonds is 10. The molecule has 1 aromatic carbocycles. The first-order valence-corrected chi connectivity index (χ1v) is 12.9. The largest absolute Gasteiger partial charge is 0.355 e. The Bertz CT molecular complexity index is 1250. The number of hydrogen-bond donors (Lipinski definition) is 1. The first kappa shape index (κ1) is 25.0. The van der Waals surface area contributed by atoms with Gasteiger partial charge in [0.05, 0.1) is 5.39 Å². The quantitative estimate of drug-likeness (QED) is 0.453. The first-order valence-electron chi connectivity index (χ1n) is 12.9. The highest BCUT2D eigenvalue weighted by molar-refractivity contribution is 5.80. The van der Waals surface area contributed by atoms with Gasteiger partial charge in [-0.25, -0.2) is 4.79 Å². The van der Waals surface area contributed by atoms with Crippen LogP contribution in [0.1, 0.15) is 38.7 Å². The minimum absolute atomic E-state index is 0.0867. The number of nitrogens with zero attached hydrogens (tertiary/aromatic N) is 4. The third kappa shape index (κ3) is 5.75. The molecule has 8 nitrogen and oxygen atoms in total. The van der Waals surface area contributed by atoms with E-state index in [1.54, 1.807) is 28.3 Å². The summed E-state index contributed by atoms with van der Waals surface area (Å²) in [5, 5.41) is 3.47. The lowest BCUT2D eigenvalue weighted by Crippen LogP contribution is -2.40. The van der Waals surface area contributed by atoms with E-state index < -0.39 is 0 Å². The summed E-state index contributed by atoms with van der Waals surface area (Å²) < 4.78 is 4.50. The lowest BCUT2D eigenvalue weighted by Gasteiger charge is -2.32. The van der Waals surface area contributed by atoms with Crippen molar-refractivity contribution >= 4 is 16.9 Å². The molecule has 1 fully saturated rings. The molecule has 1 aliphatic heterocycles. The highest BCUT2D eigenvalue weighted by Gasteiger charge is 2.19. The molecule has 188 valence electrons. The van der Waals surface area contributed by atoms with Crippen molar-refractivity contribution < 1.29 is 4.79 Å². The fraction of sp³-hybridized carbons (Fsp3) is 0.519. The maximum absolute atomic E-state index is 12.7. The molecule has 8 heteroatoms. The molecule has 0 radical (unpaired) electrons. The number of hydrogen-bond acceptors (Lipinski definition) is 4. The Morgan fingerprint density at radius 1 is 1.00 bits per heavy atom. The third-order valence-electron chi connectivity index (χ3n) is 7.12. The molecule has 0 bridgehead atoms. The van der Waals surface area contributed by atoms with Gasteiger partial charge in [0.1, 0.15) is 12.2 Å². The van der Waals surface area contributed by atoms with Crippen molar-refractivity contribution in [1.82, 2.24) is 23.9 Å². The fourth-order valence-corrected chi connectivity index (χ4v) is 5.19. The zero-order valence-corrected chi connectivity index (χ0v) is 20.9. The molecule has 0 saturated carbocycles. The zero-order chi connectivity index (χ0) is 24.8. The second kappa shape index (κ2) is 11.5. The van der Waals surface area contributed by atoms with Crippen LogP contribution in [0.5, 0.6) is 0 Å². The Labute approximate surface area is 206 Å². The maximum atomic E-state index is 12.7. The van der Waals surface area contributed by atoms with E-state index in [4.69, 9.17) is 0 Å². The standard InChI is InChI=1S/C27H37N5O3/c1-3-31-25-23(26(34)32(4-2)27(31)35)13-18-30(25)20-24(33)28-14-8-15-29-16-11-22(12-17-29)19-21-9-6-5-7-10-21/h5-7,9-10,13,18,22H,3-4,8,11-12,14-17,19-20H2,1-2H3,(H,28,33). The molecule has 1 amide bonds. The molecule has 2 aromatic heterocycles. The molecule has 3 heterocycles. The number of likely N-dealkylation sites (tertiary alicyclic amines) is 1. The minimum atomic E-state index is -0.333. The molecule has 0 aliphatic carbocycles. The maximum Gasteiger partial charge on any atom is 0.332 e. The van der Waals surface area contributed by atoms with E-state index in [9.17, 15) is 14.4 Å². The van der Waals surface area contributed by atoms with Crippen molar-refractivity contribution in [2.45, 2.75) is 59.2 Å². The average molecular weight is 480 g/mol. The summed E-state index contributed by atoms with van der Waals surface area (Å²) >= 11 is 0. The van der Waals surface area contributed by atoms with Gasteiger partial charge in [-0.2, -0.15) is 0 Å². The summed E-state index contributed by atoms with van der Waals surface area (Å²) in [4.78, 5) is 40.4. The molecule has 4 rings (SSSR count). The second-order valence-electron chi connectivity index (χ2n) is 9.44. The van der Waals surface area contributed by atoms with Crippen molar-refractivity contribution in [3.8, 4) is 0 Å². The van der Waals surface area contributed by atoms with Crippen molar-refractivity contribution in [3.05, 3.63) is 69.0 Å². The minimum Gasteiger partial charge on any atom is -0.355 e. The zero-order valence-electron chi connectivity index (χ0n) is 20.9. The third-order valence-corrected chi connectivity index (χ3v) is 7.12. The molecule has 1 N–H and O–H groups in total. The van der Waals surface area contributed by atoms with Crippen LogP contribution in [-0.4, -0.2) is 50.7 Å². The summed E-state index contributed by atoms with van der Waals surface area (Å²) in [7, 11) is 0. The van der Waals surface area contributed by atoms with Gasteiger partial charge >= 0.3 is 5.69 Å². The van der Waals surface area contributed by atoms with Crippen LogP contribution in [0.2, 0.25) is 0 Å². The summed E-state index contributed by atoms with van der Waals surface area (Å²) in [6.07, 6.45) is 6.23. The molecule has 1 saturated heterocycles. The van der Waals surface area contributed by atoms with E-state index >= 15 is 0 Å². The Morgan fingerprint density at radius 2 is 1.71 bits per heavy atom. The molecular weight excluding hydrogens is 442 g/mol. The first-order chi connectivity index (χ1) is 17.0. The van der Waals surface area contributed by atoms with Crippen molar-refractivity contribution in [1.29, 1.82) is 0 Å². The van der Waals surface area contributed by atoms with Gasteiger partial charge in [0.2, 0.25) is 5.91 Å². The number of amides is 1. The molecule has 0 atom stereocenters. The van der Waals surface area contributed by atoms with E-state index in [1.807, 2.05) is 6.92 Å². The highest BCUT2D eigenvalue weighted by atomic mass is 16.2. The number of carbonyl (C=O) groups excluding carboxylic acids is 1. The van der Waals surface area contributed by atoms with Crippen LogP contribution in [0.15, 0.2) is 52.2 Å². The van der Waals surface area contributed by atoms with Gasteiger partial charge in [-0.3, -0.25) is 18.7 Å². The van der Waals surface area contributed by atoms with Crippen LogP contribution in [0.4, 0.5) is 0 Å². The van der Waals surface area contributed by atoms with E-state index in [0.717, 1.165) is 38.4 Å². The molecular formula is C27H37N5O3. The summed E-state index contributed by atoms with van der Waals surface area (Å²) in [6, 6.07) is 12.4. The Kier molecular flexibility index (Phi) is 8.23. The van der Waals surface area contributed by atoms with Crippen LogP contribution in [0.3, 0.4) is 0 Å². The van der Waals surface area contributed by atoms with Crippen LogP contribution < -0.4 is 16.6 Å². The normalized spacial score (nSPS) is 15.0. The van der Waals surface area contributed by atoms with E-state index in [0.29, 0.717) is 30.7 Å². The average Bonchev–Trinajstić information content (AvgIpc) is 3.27. The predicted octanol–water partition coefficient (Wildman–Crippen LogP) is 2.47. The van der Waals surface area contributed by atoms with E-state index in [1.165, 1.54) is 23.0 Å². The molecule has 0 unspecified atom stereocenters. The Hall–Kier alpha value is -3.13. The molecule has 3 aromatic rings. The fourth-order valence-electron chi connectivity index (χ4n) is 5.19. The number of piperidine rings is 1. The molecule has 1 aliphatic rings. The van der Waals surface area contributed by atoms with Gasteiger partial charge in [-0.1, -0.05) is 30.3 Å². The Morgan fingerprint density at radius 3 is 2.40 bits per heavy atom. The van der Waals surface area contributed by atoms with Gasteiger partial charge in [-0.05, 0) is 76.7 Å². The summed E-state index contributed by atoms with van der Waals surface area (Å²) in [5.41, 5.74) is 1.31. The van der Waals surface area contributed by atoms with Crippen LogP contribution >= 0.6 is 0 Å². The van der Waals surface area contributed by atoms with E-state index in [2.05, 4.69) is 40.5 Å². The molecule has 0 spiro atoms. The highest BCUT2D eigenvalue weighted by Crippen LogP contribution is 2.21. The van der Waals surface area contributed by atoms with Crippen molar-refractivity contribution in [3.63, 3.8) is 0 Å². The lowest BCUT2D eigenvalue weighted by atomic mass is 9.90. The smallest absolute Gasteiger partial charge is 0.332 e. The van der Waals surface area contributed by atoms with Crippen molar-refractivity contribution in [2.24, 2.45) is 5.92 Å². The monoisotopic (exact) mass is 479 g/mol.